The molecule has 96 valence electrons. The van der Waals surface area contributed by atoms with E-state index in [1.165, 1.54) is 17.3 Å². The first kappa shape index (κ1) is 13.2. The van der Waals surface area contributed by atoms with Crippen molar-refractivity contribution in [2.75, 3.05) is 5.32 Å². The van der Waals surface area contributed by atoms with E-state index in [1.807, 2.05) is 6.07 Å². The number of nitriles is 1. The molecule has 0 aliphatic rings. The first-order valence-electron chi connectivity index (χ1n) is 5.46. The van der Waals surface area contributed by atoms with E-state index in [-0.39, 0.29) is 5.91 Å². The summed E-state index contributed by atoms with van der Waals surface area (Å²) in [6, 6.07) is 6.62. The van der Waals surface area contributed by atoms with Crippen LogP contribution in [0.4, 0.5) is 5.69 Å². The number of hydrogen-bond acceptors (Lipinski definition) is 4. The molecule has 1 aromatic heterocycles. The fourth-order valence-electron chi connectivity index (χ4n) is 1.49. The first-order valence-corrected chi connectivity index (χ1v) is 6.25. The summed E-state index contributed by atoms with van der Waals surface area (Å²) in [5.74, 6) is -0.260. The SMILES string of the molecule is CC(C(=O)Nc1ccc(Br)cc1C#N)n1cncn1. The molecule has 1 unspecified atom stereocenters. The van der Waals surface area contributed by atoms with Crippen molar-refractivity contribution >= 4 is 27.5 Å². The van der Waals surface area contributed by atoms with Gasteiger partial charge in [-0.3, -0.25) is 4.79 Å². The average Bonchev–Trinajstić information content (AvgIpc) is 2.93. The molecule has 0 radical (unpaired) electrons. The number of carbonyl (C=O) groups is 1. The molecule has 1 atom stereocenters. The molecule has 2 aromatic rings. The second-order valence-electron chi connectivity index (χ2n) is 3.84. The van der Waals surface area contributed by atoms with Crippen molar-refractivity contribution < 1.29 is 4.79 Å². The van der Waals surface area contributed by atoms with E-state index in [0.29, 0.717) is 11.3 Å². The van der Waals surface area contributed by atoms with Crippen LogP contribution in [0.1, 0.15) is 18.5 Å². The molecule has 0 saturated carbocycles. The number of benzene rings is 1. The van der Waals surface area contributed by atoms with E-state index in [4.69, 9.17) is 5.26 Å². The second-order valence-corrected chi connectivity index (χ2v) is 4.76. The number of halogens is 1. The van der Waals surface area contributed by atoms with Crippen molar-refractivity contribution in [1.82, 2.24) is 14.8 Å². The zero-order valence-corrected chi connectivity index (χ0v) is 11.6. The molecule has 1 heterocycles. The normalized spacial score (nSPS) is 11.6. The molecule has 0 fully saturated rings. The van der Waals surface area contributed by atoms with E-state index in [0.717, 1.165) is 4.47 Å². The van der Waals surface area contributed by atoms with Gasteiger partial charge in [0.25, 0.3) is 0 Å². The van der Waals surface area contributed by atoms with Crippen LogP contribution in [-0.4, -0.2) is 20.7 Å². The Labute approximate surface area is 118 Å². The number of hydrogen-bond donors (Lipinski definition) is 1. The Balaban J connectivity index is 2.18. The number of aromatic nitrogens is 3. The van der Waals surface area contributed by atoms with Crippen molar-refractivity contribution in [3.63, 3.8) is 0 Å². The maximum atomic E-state index is 12.0. The van der Waals surface area contributed by atoms with Gasteiger partial charge in [-0.1, -0.05) is 15.9 Å². The van der Waals surface area contributed by atoms with Crippen LogP contribution in [0.2, 0.25) is 0 Å². The lowest BCUT2D eigenvalue weighted by Gasteiger charge is -2.13. The highest BCUT2D eigenvalue weighted by Crippen LogP contribution is 2.21. The Morgan fingerprint density at radius 3 is 3.00 bits per heavy atom. The van der Waals surface area contributed by atoms with Gasteiger partial charge in [-0.2, -0.15) is 10.4 Å². The fraction of sp³-hybridized carbons (Fsp3) is 0.167. The van der Waals surface area contributed by atoms with Crippen LogP contribution < -0.4 is 5.32 Å². The zero-order chi connectivity index (χ0) is 13.8. The van der Waals surface area contributed by atoms with Crippen LogP contribution in [-0.2, 0) is 4.79 Å². The van der Waals surface area contributed by atoms with Crippen LogP contribution in [0.15, 0.2) is 35.3 Å². The summed E-state index contributed by atoms with van der Waals surface area (Å²) in [6.45, 7) is 1.70. The van der Waals surface area contributed by atoms with Crippen LogP contribution in [0.25, 0.3) is 0 Å². The number of amides is 1. The predicted molar refractivity (Wildman–Crippen MR) is 72.2 cm³/mol. The second kappa shape index (κ2) is 5.63. The van der Waals surface area contributed by atoms with Crippen LogP contribution >= 0.6 is 15.9 Å². The molecule has 19 heavy (non-hydrogen) atoms. The minimum absolute atomic E-state index is 0.260. The molecule has 7 heteroatoms. The van der Waals surface area contributed by atoms with E-state index in [1.54, 1.807) is 25.1 Å². The average molecular weight is 320 g/mol. The molecule has 0 bridgehead atoms. The highest BCUT2D eigenvalue weighted by molar-refractivity contribution is 9.10. The molecular weight excluding hydrogens is 310 g/mol. The highest BCUT2D eigenvalue weighted by atomic mass is 79.9. The first-order chi connectivity index (χ1) is 9.11. The third-order valence-corrected chi connectivity index (χ3v) is 3.07. The molecule has 6 nitrogen and oxygen atoms in total. The number of nitrogens with zero attached hydrogens (tertiary/aromatic N) is 4. The predicted octanol–water partition coefficient (Wildman–Crippen LogP) is 2.11. The van der Waals surface area contributed by atoms with Gasteiger partial charge >= 0.3 is 0 Å². The lowest BCUT2D eigenvalue weighted by molar-refractivity contribution is -0.119. The fourth-order valence-corrected chi connectivity index (χ4v) is 1.85. The molecule has 0 spiro atoms. The monoisotopic (exact) mass is 319 g/mol. The van der Waals surface area contributed by atoms with Crippen LogP contribution in [0.5, 0.6) is 0 Å². The molecule has 2 rings (SSSR count). The molecule has 0 saturated heterocycles. The zero-order valence-electron chi connectivity index (χ0n) is 10.0. The molecular formula is C12H10BrN5O. The number of anilines is 1. The Morgan fingerprint density at radius 1 is 1.58 bits per heavy atom. The van der Waals surface area contributed by atoms with E-state index >= 15 is 0 Å². The number of carbonyl (C=O) groups excluding carboxylic acids is 1. The highest BCUT2D eigenvalue weighted by Gasteiger charge is 2.16. The molecule has 1 N–H and O–H groups in total. The van der Waals surface area contributed by atoms with Crippen molar-refractivity contribution in [3.8, 4) is 6.07 Å². The maximum absolute atomic E-state index is 12.0. The lowest BCUT2D eigenvalue weighted by atomic mass is 10.2. The minimum atomic E-state index is -0.502. The summed E-state index contributed by atoms with van der Waals surface area (Å²) >= 11 is 3.28. The molecule has 1 amide bonds. The summed E-state index contributed by atoms with van der Waals surface area (Å²) in [7, 11) is 0. The van der Waals surface area contributed by atoms with Crippen molar-refractivity contribution in [2.45, 2.75) is 13.0 Å². The molecule has 0 aliphatic carbocycles. The van der Waals surface area contributed by atoms with Gasteiger partial charge in [-0.25, -0.2) is 9.67 Å². The van der Waals surface area contributed by atoms with Gasteiger partial charge in [-0.05, 0) is 25.1 Å². The van der Waals surface area contributed by atoms with Gasteiger partial charge in [0.15, 0.2) is 0 Å². The third-order valence-electron chi connectivity index (χ3n) is 2.57. The van der Waals surface area contributed by atoms with Crippen molar-refractivity contribution in [2.24, 2.45) is 0 Å². The topological polar surface area (TPSA) is 83.6 Å². The quantitative estimate of drug-likeness (QED) is 0.939. The maximum Gasteiger partial charge on any atom is 0.249 e. The van der Waals surface area contributed by atoms with Gasteiger partial charge in [0.1, 0.15) is 24.8 Å². The van der Waals surface area contributed by atoms with Gasteiger partial charge in [-0.15, -0.1) is 0 Å². The minimum Gasteiger partial charge on any atom is -0.323 e. The van der Waals surface area contributed by atoms with E-state index in [9.17, 15) is 4.79 Å². The van der Waals surface area contributed by atoms with E-state index < -0.39 is 6.04 Å². The van der Waals surface area contributed by atoms with Gasteiger partial charge < -0.3 is 5.32 Å². The Hall–Kier alpha value is -2.20. The Kier molecular flexibility index (Phi) is 3.92. The van der Waals surface area contributed by atoms with E-state index in [2.05, 4.69) is 31.3 Å². The standard InChI is InChI=1S/C12H10BrN5O/c1-8(18-7-15-6-16-18)12(19)17-11-3-2-10(13)4-9(11)5-14/h2-4,6-8H,1H3,(H,17,19). The summed E-state index contributed by atoms with van der Waals surface area (Å²) in [5, 5.41) is 15.6. The van der Waals surface area contributed by atoms with Gasteiger partial charge in [0.2, 0.25) is 5.91 Å². The van der Waals surface area contributed by atoms with Gasteiger partial charge in [0.05, 0.1) is 11.3 Å². The largest absolute Gasteiger partial charge is 0.323 e. The van der Waals surface area contributed by atoms with Crippen LogP contribution in [0, 0.1) is 11.3 Å². The van der Waals surface area contributed by atoms with Crippen LogP contribution in [0.3, 0.4) is 0 Å². The summed E-state index contributed by atoms with van der Waals surface area (Å²) in [6.07, 6.45) is 2.83. The summed E-state index contributed by atoms with van der Waals surface area (Å²) in [4.78, 5) is 15.8. The molecule has 1 aromatic carbocycles. The lowest BCUT2D eigenvalue weighted by Crippen LogP contribution is -2.24. The van der Waals surface area contributed by atoms with Gasteiger partial charge in [0, 0.05) is 4.47 Å². The van der Waals surface area contributed by atoms with Crippen molar-refractivity contribution in [1.29, 1.82) is 5.26 Å². The number of rotatable bonds is 3. The number of nitrogens with one attached hydrogen (secondary N) is 1. The Morgan fingerprint density at radius 2 is 2.37 bits per heavy atom. The third kappa shape index (κ3) is 2.98. The Bertz CT molecular complexity index is 632. The van der Waals surface area contributed by atoms with Crippen molar-refractivity contribution in [3.05, 3.63) is 40.9 Å². The summed E-state index contributed by atoms with van der Waals surface area (Å²) < 4.78 is 2.23. The smallest absolute Gasteiger partial charge is 0.249 e. The summed E-state index contributed by atoms with van der Waals surface area (Å²) in [5.41, 5.74) is 0.871. The molecule has 0 aliphatic heterocycles.